The molecule has 0 aliphatic carbocycles. The number of rotatable bonds is 4. The Morgan fingerprint density at radius 3 is 2.48 bits per heavy atom. The van der Waals surface area contributed by atoms with E-state index in [1.54, 1.807) is 14.2 Å². The number of fused-ring (bicyclic) bond motifs is 5. The highest BCUT2D eigenvalue weighted by atomic mass is 16.7. The molecule has 3 aromatic carbocycles. The summed E-state index contributed by atoms with van der Waals surface area (Å²) < 4.78 is 24.1. The number of ether oxygens (including phenoxy) is 4. The third-order valence-corrected chi connectivity index (χ3v) is 7.97. The summed E-state index contributed by atoms with van der Waals surface area (Å²) in [6.07, 6.45) is 2.93. The van der Waals surface area contributed by atoms with Crippen LogP contribution < -0.4 is 18.9 Å². The Morgan fingerprint density at radius 1 is 0.939 bits per heavy atom. The maximum Gasteiger partial charge on any atom is 0.231 e. The van der Waals surface area contributed by atoms with Crippen LogP contribution in [0.4, 0.5) is 0 Å². The molecule has 3 atom stereocenters. The van der Waals surface area contributed by atoms with Gasteiger partial charge in [0.2, 0.25) is 6.79 Å². The molecule has 0 N–H and O–H groups in total. The van der Waals surface area contributed by atoms with Crippen molar-refractivity contribution in [3.63, 3.8) is 0 Å². The Kier molecular flexibility index (Phi) is 4.77. The molecular weight excluding hydrogens is 414 g/mol. The molecule has 0 saturated carbocycles. The van der Waals surface area contributed by atoms with Crippen molar-refractivity contribution in [1.29, 1.82) is 0 Å². The van der Waals surface area contributed by atoms with Gasteiger partial charge in [0.1, 0.15) is 12.1 Å². The van der Waals surface area contributed by atoms with E-state index >= 15 is 0 Å². The Morgan fingerprint density at radius 2 is 1.73 bits per heavy atom. The monoisotopic (exact) mass is 444 g/mol. The maximum atomic E-state index is 5.99. The highest BCUT2D eigenvalue weighted by Crippen LogP contribution is 2.55. The van der Waals surface area contributed by atoms with Gasteiger partial charge in [0.15, 0.2) is 23.0 Å². The molecule has 3 aromatic rings. The zero-order chi connectivity index (χ0) is 22.6. The van der Waals surface area contributed by atoms with Crippen LogP contribution in [0, 0.1) is 0 Å². The molecule has 0 aromatic heterocycles. The van der Waals surface area contributed by atoms with E-state index in [-0.39, 0.29) is 6.04 Å². The SMILES string of the molecule is COc1ccc2c(c1OC)C(Cc1ccccc1)[N+]1(C)CCc3cc4c(cc3C1C2)OCO4. The molecule has 6 rings (SSSR count). The predicted octanol–water partition coefficient (Wildman–Crippen LogP) is 5.02. The van der Waals surface area contributed by atoms with E-state index < -0.39 is 0 Å². The van der Waals surface area contributed by atoms with Gasteiger partial charge in [-0.2, -0.15) is 0 Å². The van der Waals surface area contributed by atoms with Gasteiger partial charge in [-0.25, -0.2) is 0 Å². The van der Waals surface area contributed by atoms with Crippen molar-refractivity contribution in [2.45, 2.75) is 31.3 Å². The molecule has 0 amide bonds. The predicted molar refractivity (Wildman–Crippen MR) is 126 cm³/mol. The average Bonchev–Trinajstić information content (AvgIpc) is 3.30. The van der Waals surface area contributed by atoms with Crippen molar-refractivity contribution in [1.82, 2.24) is 0 Å². The van der Waals surface area contributed by atoms with Crippen LogP contribution in [0.2, 0.25) is 0 Å². The summed E-state index contributed by atoms with van der Waals surface area (Å²) in [5.74, 6) is 3.44. The lowest BCUT2D eigenvalue weighted by molar-refractivity contribution is -0.972. The quantitative estimate of drug-likeness (QED) is 0.530. The van der Waals surface area contributed by atoms with Crippen molar-refractivity contribution < 1.29 is 23.4 Å². The maximum absolute atomic E-state index is 5.99. The van der Waals surface area contributed by atoms with Gasteiger partial charge >= 0.3 is 0 Å². The second kappa shape index (κ2) is 7.70. The standard InChI is InChI=1S/C28H30NO4/c1-29-12-11-19-15-25-26(33-17-32-25)16-21(19)22(29)14-20-9-10-24(30-2)28(31-3)27(20)23(29)13-18-7-5-4-6-8-18/h4-10,15-16,22-23H,11-14,17H2,1-3H3/q+1. The van der Waals surface area contributed by atoms with Crippen molar-refractivity contribution in [3.05, 3.63) is 82.4 Å². The molecule has 3 aliphatic heterocycles. The van der Waals surface area contributed by atoms with Crippen LogP contribution in [-0.4, -0.2) is 39.1 Å². The molecule has 33 heavy (non-hydrogen) atoms. The van der Waals surface area contributed by atoms with Gasteiger partial charge in [0, 0.05) is 24.8 Å². The highest BCUT2D eigenvalue weighted by Gasteiger charge is 2.51. The lowest BCUT2D eigenvalue weighted by Gasteiger charge is -2.54. The number of likely N-dealkylation sites (N-methyl/N-ethyl adjacent to an activating group) is 1. The fourth-order valence-corrected chi connectivity index (χ4v) is 6.24. The molecule has 170 valence electrons. The molecule has 5 heteroatoms. The third-order valence-electron chi connectivity index (χ3n) is 7.97. The van der Waals surface area contributed by atoms with Crippen LogP contribution in [0.25, 0.3) is 0 Å². The average molecular weight is 445 g/mol. The molecule has 3 heterocycles. The minimum absolute atomic E-state index is 0.254. The second-order valence-corrected chi connectivity index (χ2v) is 9.52. The summed E-state index contributed by atoms with van der Waals surface area (Å²) in [5, 5.41) is 0. The van der Waals surface area contributed by atoms with E-state index in [1.165, 1.54) is 27.8 Å². The van der Waals surface area contributed by atoms with E-state index in [0.717, 1.165) is 53.3 Å². The third kappa shape index (κ3) is 3.10. The second-order valence-electron chi connectivity index (χ2n) is 9.52. The Hall–Kier alpha value is -3.18. The largest absolute Gasteiger partial charge is 0.493 e. The molecule has 0 bridgehead atoms. The molecule has 3 unspecified atom stereocenters. The number of nitrogens with zero attached hydrogens (tertiary/aromatic N) is 1. The topological polar surface area (TPSA) is 36.9 Å². The number of hydrogen-bond donors (Lipinski definition) is 0. The van der Waals surface area contributed by atoms with Crippen molar-refractivity contribution in [2.24, 2.45) is 0 Å². The summed E-state index contributed by atoms with van der Waals surface area (Å²) in [4.78, 5) is 0. The minimum atomic E-state index is 0.254. The van der Waals surface area contributed by atoms with Crippen molar-refractivity contribution in [3.8, 4) is 23.0 Å². The van der Waals surface area contributed by atoms with Crippen molar-refractivity contribution >= 4 is 0 Å². The minimum Gasteiger partial charge on any atom is -0.493 e. The highest BCUT2D eigenvalue weighted by molar-refractivity contribution is 5.55. The summed E-state index contributed by atoms with van der Waals surface area (Å²) in [7, 11) is 5.90. The summed E-state index contributed by atoms with van der Waals surface area (Å²) >= 11 is 0. The van der Waals surface area contributed by atoms with Crippen LogP contribution in [0.1, 0.15) is 39.9 Å². The molecule has 5 nitrogen and oxygen atoms in total. The normalized spacial score (nSPS) is 24.5. The Labute approximate surface area is 195 Å². The van der Waals surface area contributed by atoms with Gasteiger partial charge in [-0.1, -0.05) is 36.4 Å². The van der Waals surface area contributed by atoms with E-state index in [2.05, 4.69) is 61.6 Å². The van der Waals surface area contributed by atoms with Gasteiger partial charge < -0.3 is 23.4 Å². The van der Waals surface area contributed by atoms with Crippen LogP contribution in [-0.2, 0) is 19.3 Å². The summed E-state index contributed by atoms with van der Waals surface area (Å²) in [5.41, 5.74) is 6.77. The molecule has 3 aliphatic rings. The fraction of sp³-hybridized carbons (Fsp3) is 0.357. The van der Waals surface area contributed by atoms with E-state index in [0.29, 0.717) is 12.8 Å². The van der Waals surface area contributed by atoms with Gasteiger partial charge in [-0.3, -0.25) is 0 Å². The van der Waals surface area contributed by atoms with Crippen LogP contribution in [0.3, 0.4) is 0 Å². The summed E-state index contributed by atoms with van der Waals surface area (Å²) in [6, 6.07) is 20.2. The molecule has 0 radical (unpaired) electrons. The first-order valence-corrected chi connectivity index (χ1v) is 11.7. The number of quaternary nitrogens is 1. The smallest absolute Gasteiger partial charge is 0.231 e. The van der Waals surface area contributed by atoms with Crippen molar-refractivity contribution in [2.75, 3.05) is 34.6 Å². The Bertz CT molecular complexity index is 1210. The molecule has 0 spiro atoms. The number of hydrogen-bond acceptors (Lipinski definition) is 4. The number of methoxy groups -OCH3 is 2. The summed E-state index contributed by atoms with van der Waals surface area (Å²) in [6.45, 7) is 1.38. The molecule has 0 saturated heterocycles. The molecular formula is C28H30NO4+. The lowest BCUT2D eigenvalue weighted by atomic mass is 9.76. The van der Waals surface area contributed by atoms with E-state index in [4.69, 9.17) is 18.9 Å². The zero-order valence-corrected chi connectivity index (χ0v) is 19.5. The zero-order valence-electron chi connectivity index (χ0n) is 19.5. The van der Waals surface area contributed by atoms with Gasteiger partial charge in [0.05, 0.1) is 33.4 Å². The van der Waals surface area contributed by atoms with Gasteiger partial charge in [-0.05, 0) is 34.9 Å². The van der Waals surface area contributed by atoms with E-state index in [1.807, 2.05) is 0 Å². The van der Waals surface area contributed by atoms with Gasteiger partial charge in [-0.15, -0.1) is 0 Å². The molecule has 0 fully saturated rings. The first-order chi connectivity index (χ1) is 16.1. The lowest BCUT2D eigenvalue weighted by Crippen LogP contribution is -2.57. The first-order valence-electron chi connectivity index (χ1n) is 11.7. The van der Waals surface area contributed by atoms with Crippen LogP contribution in [0.5, 0.6) is 23.0 Å². The Balaban J connectivity index is 1.54. The number of benzene rings is 3. The van der Waals surface area contributed by atoms with Gasteiger partial charge in [0.25, 0.3) is 0 Å². The van der Waals surface area contributed by atoms with Crippen LogP contribution in [0.15, 0.2) is 54.6 Å². The fourth-order valence-electron chi connectivity index (χ4n) is 6.24. The first kappa shape index (κ1) is 20.4. The van der Waals surface area contributed by atoms with Crippen LogP contribution >= 0.6 is 0 Å². The van der Waals surface area contributed by atoms with E-state index in [9.17, 15) is 0 Å².